The molecule has 21 heavy (non-hydrogen) atoms. The number of halogens is 1. The summed E-state index contributed by atoms with van der Waals surface area (Å²) in [6, 6.07) is 9.76. The maximum absolute atomic E-state index is 13.9. The molecule has 0 aromatic heterocycles. The van der Waals surface area contributed by atoms with Crippen LogP contribution in [0.4, 0.5) is 21.5 Å². The first kappa shape index (κ1) is 13.4. The van der Waals surface area contributed by atoms with Gasteiger partial charge in [0.05, 0.1) is 11.3 Å². The predicted molar refractivity (Wildman–Crippen MR) is 80.1 cm³/mol. The van der Waals surface area contributed by atoms with Crippen LogP contribution >= 0.6 is 0 Å². The standard InChI is InChI=1S/C16H15FN2O2/c1-19-8-7-10-9-11(5-6-14(10)19)18-15-12(16(20)21)3-2-4-13(15)17/h2-6,9,18H,7-8H2,1H3,(H,20,21). The van der Waals surface area contributed by atoms with E-state index in [9.17, 15) is 9.18 Å². The average molecular weight is 286 g/mol. The summed E-state index contributed by atoms with van der Waals surface area (Å²) >= 11 is 0. The van der Waals surface area contributed by atoms with Crippen LogP contribution in [0.15, 0.2) is 36.4 Å². The van der Waals surface area contributed by atoms with Crippen molar-refractivity contribution in [3.63, 3.8) is 0 Å². The first-order chi connectivity index (χ1) is 10.1. The fourth-order valence-corrected chi connectivity index (χ4v) is 2.62. The quantitative estimate of drug-likeness (QED) is 0.909. The Balaban J connectivity index is 1.96. The third-order valence-electron chi connectivity index (χ3n) is 3.72. The smallest absolute Gasteiger partial charge is 0.337 e. The fourth-order valence-electron chi connectivity index (χ4n) is 2.62. The number of hydrogen-bond acceptors (Lipinski definition) is 3. The molecule has 3 rings (SSSR count). The Bertz CT molecular complexity index is 715. The molecule has 0 bridgehead atoms. The number of rotatable bonds is 3. The molecule has 0 unspecified atom stereocenters. The maximum atomic E-state index is 13.9. The summed E-state index contributed by atoms with van der Waals surface area (Å²) < 4.78 is 13.9. The average Bonchev–Trinajstić information content (AvgIpc) is 2.82. The second kappa shape index (κ2) is 5.09. The minimum Gasteiger partial charge on any atom is -0.478 e. The molecule has 0 aliphatic carbocycles. The van der Waals surface area contributed by atoms with E-state index < -0.39 is 11.8 Å². The van der Waals surface area contributed by atoms with Gasteiger partial charge in [-0.15, -0.1) is 0 Å². The number of aromatic carboxylic acids is 1. The van der Waals surface area contributed by atoms with E-state index in [-0.39, 0.29) is 11.3 Å². The Labute approximate surface area is 121 Å². The number of fused-ring (bicyclic) bond motifs is 1. The number of likely N-dealkylation sites (N-methyl/N-ethyl adjacent to an activating group) is 1. The van der Waals surface area contributed by atoms with Gasteiger partial charge in [-0.25, -0.2) is 9.18 Å². The zero-order valence-corrected chi connectivity index (χ0v) is 11.6. The van der Waals surface area contributed by atoms with E-state index in [0.717, 1.165) is 18.7 Å². The highest BCUT2D eigenvalue weighted by molar-refractivity contribution is 5.95. The Kier molecular flexibility index (Phi) is 3.25. The molecule has 4 nitrogen and oxygen atoms in total. The molecule has 1 aliphatic rings. The highest BCUT2D eigenvalue weighted by Crippen LogP contribution is 2.31. The molecule has 0 saturated heterocycles. The van der Waals surface area contributed by atoms with Crippen molar-refractivity contribution < 1.29 is 14.3 Å². The molecule has 2 N–H and O–H groups in total. The van der Waals surface area contributed by atoms with Gasteiger partial charge in [-0.2, -0.15) is 0 Å². The monoisotopic (exact) mass is 286 g/mol. The number of anilines is 3. The Morgan fingerprint density at radius 3 is 2.90 bits per heavy atom. The van der Waals surface area contributed by atoms with E-state index in [4.69, 9.17) is 5.11 Å². The number of hydrogen-bond donors (Lipinski definition) is 2. The number of nitrogens with zero attached hydrogens (tertiary/aromatic N) is 1. The topological polar surface area (TPSA) is 52.6 Å². The van der Waals surface area contributed by atoms with Gasteiger partial charge in [0.1, 0.15) is 5.82 Å². The summed E-state index contributed by atoms with van der Waals surface area (Å²) in [5, 5.41) is 12.0. The van der Waals surface area contributed by atoms with Crippen molar-refractivity contribution in [2.24, 2.45) is 0 Å². The molecule has 108 valence electrons. The van der Waals surface area contributed by atoms with Crippen molar-refractivity contribution in [1.29, 1.82) is 0 Å². The molecule has 0 amide bonds. The Morgan fingerprint density at radius 2 is 2.14 bits per heavy atom. The van der Waals surface area contributed by atoms with Crippen molar-refractivity contribution >= 4 is 23.0 Å². The van der Waals surface area contributed by atoms with Gasteiger partial charge in [0.15, 0.2) is 0 Å². The van der Waals surface area contributed by atoms with Crippen LogP contribution in [0.25, 0.3) is 0 Å². The summed E-state index contributed by atoms with van der Waals surface area (Å²) in [6.45, 7) is 0.957. The van der Waals surface area contributed by atoms with E-state index in [1.54, 1.807) is 0 Å². The van der Waals surface area contributed by atoms with Gasteiger partial charge in [0.25, 0.3) is 0 Å². The van der Waals surface area contributed by atoms with Crippen molar-refractivity contribution in [3.8, 4) is 0 Å². The summed E-state index contributed by atoms with van der Waals surface area (Å²) in [4.78, 5) is 13.3. The molecule has 0 atom stereocenters. The van der Waals surface area contributed by atoms with Crippen LogP contribution in [-0.2, 0) is 6.42 Å². The number of carboxylic acids is 1. The summed E-state index contributed by atoms with van der Waals surface area (Å²) in [5.74, 6) is -1.73. The first-order valence-corrected chi connectivity index (χ1v) is 6.69. The van der Waals surface area contributed by atoms with Crippen molar-refractivity contribution in [3.05, 3.63) is 53.3 Å². The lowest BCUT2D eigenvalue weighted by Gasteiger charge is -2.14. The summed E-state index contributed by atoms with van der Waals surface area (Å²) in [7, 11) is 2.03. The highest BCUT2D eigenvalue weighted by atomic mass is 19.1. The number of nitrogens with one attached hydrogen (secondary N) is 1. The summed E-state index contributed by atoms with van der Waals surface area (Å²) in [6.07, 6.45) is 0.935. The van der Waals surface area contributed by atoms with E-state index >= 15 is 0 Å². The normalized spacial score (nSPS) is 13.1. The van der Waals surface area contributed by atoms with Gasteiger partial charge in [0, 0.05) is 25.0 Å². The van der Waals surface area contributed by atoms with Crippen molar-refractivity contribution in [1.82, 2.24) is 0 Å². The molecule has 2 aromatic carbocycles. The molecule has 0 spiro atoms. The molecule has 0 fully saturated rings. The first-order valence-electron chi connectivity index (χ1n) is 6.69. The van der Waals surface area contributed by atoms with E-state index in [2.05, 4.69) is 10.2 Å². The number of carbonyl (C=O) groups is 1. The number of carboxylic acid groups (broad SMARTS) is 1. The lowest BCUT2D eigenvalue weighted by Crippen LogP contribution is -2.12. The van der Waals surface area contributed by atoms with Gasteiger partial charge in [0.2, 0.25) is 0 Å². The van der Waals surface area contributed by atoms with E-state index in [0.29, 0.717) is 5.69 Å². The molecule has 0 radical (unpaired) electrons. The van der Waals surface area contributed by atoms with Gasteiger partial charge in [-0.05, 0) is 42.3 Å². The highest BCUT2D eigenvalue weighted by Gasteiger charge is 2.18. The van der Waals surface area contributed by atoms with Gasteiger partial charge in [-0.1, -0.05) is 6.07 Å². The van der Waals surface area contributed by atoms with Crippen molar-refractivity contribution in [2.45, 2.75) is 6.42 Å². The van der Waals surface area contributed by atoms with E-state index in [1.165, 1.54) is 23.8 Å². The molecule has 1 heterocycles. The van der Waals surface area contributed by atoms with Crippen LogP contribution in [0.1, 0.15) is 15.9 Å². The number of benzene rings is 2. The Morgan fingerprint density at radius 1 is 1.33 bits per heavy atom. The van der Waals surface area contributed by atoms with Gasteiger partial charge in [-0.3, -0.25) is 0 Å². The molecule has 1 aliphatic heterocycles. The lowest BCUT2D eigenvalue weighted by molar-refractivity contribution is 0.0697. The van der Waals surface area contributed by atoms with Crippen LogP contribution in [-0.4, -0.2) is 24.7 Å². The van der Waals surface area contributed by atoms with Crippen LogP contribution in [0.5, 0.6) is 0 Å². The Hall–Kier alpha value is -2.56. The SMILES string of the molecule is CN1CCc2cc(Nc3c(F)cccc3C(=O)O)ccc21. The molecule has 2 aromatic rings. The lowest BCUT2D eigenvalue weighted by atomic mass is 10.1. The van der Waals surface area contributed by atoms with Crippen molar-refractivity contribution in [2.75, 3.05) is 23.8 Å². The summed E-state index contributed by atoms with van der Waals surface area (Å²) in [5.41, 5.74) is 2.95. The minimum atomic E-state index is -1.15. The number of para-hydroxylation sites is 1. The van der Waals surface area contributed by atoms with Gasteiger partial charge >= 0.3 is 5.97 Å². The van der Waals surface area contributed by atoms with Crippen LogP contribution in [0.3, 0.4) is 0 Å². The van der Waals surface area contributed by atoms with Gasteiger partial charge < -0.3 is 15.3 Å². The largest absolute Gasteiger partial charge is 0.478 e. The van der Waals surface area contributed by atoms with Crippen LogP contribution < -0.4 is 10.2 Å². The van der Waals surface area contributed by atoms with Crippen LogP contribution in [0, 0.1) is 5.82 Å². The predicted octanol–water partition coefficient (Wildman–Crippen LogP) is 3.26. The molecular formula is C16H15FN2O2. The third kappa shape index (κ3) is 2.42. The second-order valence-corrected chi connectivity index (χ2v) is 5.11. The second-order valence-electron chi connectivity index (χ2n) is 5.11. The molecular weight excluding hydrogens is 271 g/mol. The minimum absolute atomic E-state index is 0.00342. The molecule has 5 heteroatoms. The van der Waals surface area contributed by atoms with Crippen LogP contribution in [0.2, 0.25) is 0 Å². The molecule has 0 saturated carbocycles. The zero-order chi connectivity index (χ0) is 15.0. The van der Waals surface area contributed by atoms with E-state index in [1.807, 2.05) is 25.2 Å². The third-order valence-corrected chi connectivity index (χ3v) is 3.72. The zero-order valence-electron chi connectivity index (χ0n) is 11.6. The maximum Gasteiger partial charge on any atom is 0.337 e. The fraction of sp³-hybridized carbons (Fsp3) is 0.188.